The summed E-state index contributed by atoms with van der Waals surface area (Å²) in [5, 5.41) is 0. The molecule has 2 nitrogen and oxygen atoms in total. The zero-order chi connectivity index (χ0) is 11.4. The van der Waals surface area contributed by atoms with Gasteiger partial charge in [0.25, 0.3) is 0 Å². The topological polar surface area (TPSA) is 6.48 Å². The summed E-state index contributed by atoms with van der Waals surface area (Å²) < 4.78 is 0. The second-order valence-corrected chi connectivity index (χ2v) is 4.78. The smallest absolute Gasteiger partial charge is 0.110 e. The van der Waals surface area contributed by atoms with Crippen LogP contribution in [0.25, 0.3) is 0 Å². The molecular weight excluding hydrogens is 208 g/mol. The van der Waals surface area contributed by atoms with Gasteiger partial charge in [0, 0.05) is 19.2 Å². The van der Waals surface area contributed by atoms with Crippen molar-refractivity contribution in [3.8, 4) is 0 Å². The van der Waals surface area contributed by atoms with Gasteiger partial charge in [0.2, 0.25) is 0 Å². The highest BCUT2D eigenvalue weighted by atomic mass is 15.4. The average molecular weight is 222 g/mol. The van der Waals surface area contributed by atoms with E-state index in [4.69, 9.17) is 0 Å². The number of likely N-dealkylation sites (N-methyl/N-ethyl adjacent to an activating group) is 1. The van der Waals surface area contributed by atoms with Crippen LogP contribution in [0.1, 0.15) is 5.56 Å². The summed E-state index contributed by atoms with van der Waals surface area (Å²) >= 11 is 0. The Morgan fingerprint density at radius 3 is 2.35 bits per heavy atom. The van der Waals surface area contributed by atoms with Crippen LogP contribution in [0.15, 0.2) is 48.5 Å². The van der Waals surface area contributed by atoms with Crippen molar-refractivity contribution in [2.45, 2.75) is 12.6 Å². The molecule has 0 N–H and O–H groups in total. The highest BCUT2D eigenvalue weighted by Crippen LogP contribution is 2.48. The summed E-state index contributed by atoms with van der Waals surface area (Å²) in [6, 6.07) is 17.4. The number of nitrogens with zero attached hydrogens (tertiary/aromatic N) is 2. The predicted molar refractivity (Wildman–Crippen MR) is 70.9 cm³/mol. The van der Waals surface area contributed by atoms with Crippen molar-refractivity contribution in [2.24, 2.45) is 0 Å². The maximum Gasteiger partial charge on any atom is 0.110 e. The van der Waals surface area contributed by atoms with Crippen molar-refractivity contribution >= 4 is 17.1 Å². The first-order valence-electron chi connectivity index (χ1n) is 6.05. The maximum absolute atomic E-state index is 2.46. The molecule has 2 heteroatoms. The first-order chi connectivity index (χ1) is 8.36. The van der Waals surface area contributed by atoms with E-state index < -0.39 is 0 Å². The van der Waals surface area contributed by atoms with Crippen molar-refractivity contribution < 1.29 is 0 Å². The van der Waals surface area contributed by atoms with Crippen molar-refractivity contribution in [3.63, 3.8) is 0 Å². The van der Waals surface area contributed by atoms with E-state index in [1.165, 1.54) is 22.6 Å². The lowest BCUT2D eigenvalue weighted by molar-refractivity contribution is 0.704. The molecule has 0 saturated heterocycles. The Bertz CT molecular complexity index is 591. The lowest BCUT2D eigenvalue weighted by Crippen LogP contribution is -2.35. The molecular formula is C15H14N2. The van der Waals surface area contributed by atoms with Crippen molar-refractivity contribution in [2.75, 3.05) is 16.8 Å². The number of fused-ring (bicyclic) bond motifs is 5. The van der Waals surface area contributed by atoms with Gasteiger partial charge in [-0.3, -0.25) is 0 Å². The van der Waals surface area contributed by atoms with Gasteiger partial charge in [-0.25, -0.2) is 0 Å². The molecule has 2 aliphatic heterocycles. The van der Waals surface area contributed by atoms with Gasteiger partial charge in [0.05, 0.1) is 11.4 Å². The van der Waals surface area contributed by atoms with E-state index in [-0.39, 0.29) is 0 Å². The SMILES string of the molecule is CN1c2ccccc2N2c3ccccc3C[C@H]12. The van der Waals surface area contributed by atoms with E-state index >= 15 is 0 Å². The molecule has 0 aliphatic carbocycles. The summed E-state index contributed by atoms with van der Waals surface area (Å²) in [7, 11) is 2.19. The second-order valence-electron chi connectivity index (χ2n) is 4.78. The molecule has 0 aromatic heterocycles. The number of hydrogen-bond acceptors (Lipinski definition) is 2. The molecule has 4 rings (SSSR count). The predicted octanol–water partition coefficient (Wildman–Crippen LogP) is 3.16. The molecule has 0 bridgehead atoms. The third-order valence-corrected chi connectivity index (χ3v) is 3.92. The standard InChI is InChI=1S/C15H14N2/c1-16-13-8-4-5-9-14(13)17-12-7-3-2-6-11(12)10-15(16)17/h2-9,15H,10H2,1H3/t15-/m1/s1. The maximum atomic E-state index is 2.46. The van der Waals surface area contributed by atoms with Crippen LogP contribution < -0.4 is 9.80 Å². The van der Waals surface area contributed by atoms with Crippen molar-refractivity contribution in [1.29, 1.82) is 0 Å². The zero-order valence-corrected chi connectivity index (χ0v) is 9.80. The summed E-state index contributed by atoms with van der Waals surface area (Å²) in [6.45, 7) is 0. The van der Waals surface area contributed by atoms with Crippen LogP contribution in [-0.4, -0.2) is 13.2 Å². The van der Waals surface area contributed by atoms with Gasteiger partial charge in [0.15, 0.2) is 0 Å². The minimum absolute atomic E-state index is 0.463. The van der Waals surface area contributed by atoms with E-state index in [2.05, 4.69) is 65.4 Å². The Morgan fingerprint density at radius 1 is 0.882 bits per heavy atom. The molecule has 1 atom stereocenters. The third-order valence-electron chi connectivity index (χ3n) is 3.92. The molecule has 2 heterocycles. The largest absolute Gasteiger partial charge is 0.352 e. The molecule has 0 spiro atoms. The van der Waals surface area contributed by atoms with E-state index in [1.54, 1.807) is 0 Å². The monoisotopic (exact) mass is 222 g/mol. The Labute approximate surface area is 101 Å². The van der Waals surface area contributed by atoms with E-state index in [1.807, 2.05) is 0 Å². The summed E-state index contributed by atoms with van der Waals surface area (Å²) in [6.07, 6.45) is 1.58. The molecule has 0 amide bonds. The van der Waals surface area contributed by atoms with Crippen LogP contribution >= 0.6 is 0 Å². The number of rotatable bonds is 0. The van der Waals surface area contributed by atoms with Crippen LogP contribution in [-0.2, 0) is 6.42 Å². The fraction of sp³-hybridized carbons (Fsp3) is 0.200. The molecule has 0 fully saturated rings. The quantitative estimate of drug-likeness (QED) is 0.675. The number of para-hydroxylation sites is 3. The van der Waals surface area contributed by atoms with Gasteiger partial charge in [0.1, 0.15) is 6.17 Å². The summed E-state index contributed by atoms with van der Waals surface area (Å²) in [5.41, 5.74) is 5.50. The van der Waals surface area contributed by atoms with Gasteiger partial charge in [-0.05, 0) is 23.8 Å². The Hall–Kier alpha value is -1.96. The molecule has 2 aromatic rings. The molecule has 84 valence electrons. The zero-order valence-electron chi connectivity index (χ0n) is 9.80. The average Bonchev–Trinajstić information content (AvgIpc) is 2.88. The first kappa shape index (κ1) is 9.11. The highest BCUT2D eigenvalue weighted by Gasteiger charge is 2.39. The molecule has 2 aromatic carbocycles. The van der Waals surface area contributed by atoms with Crippen LogP contribution in [0, 0.1) is 0 Å². The fourth-order valence-electron chi connectivity index (χ4n) is 3.09. The van der Waals surface area contributed by atoms with E-state index in [0.29, 0.717) is 6.17 Å². The van der Waals surface area contributed by atoms with Gasteiger partial charge < -0.3 is 9.80 Å². The Balaban J connectivity index is 1.95. The molecule has 0 radical (unpaired) electrons. The number of benzene rings is 2. The third kappa shape index (κ3) is 1.05. The van der Waals surface area contributed by atoms with Gasteiger partial charge >= 0.3 is 0 Å². The number of hydrogen-bond donors (Lipinski definition) is 0. The van der Waals surface area contributed by atoms with E-state index in [0.717, 1.165) is 6.42 Å². The van der Waals surface area contributed by atoms with Gasteiger partial charge in [-0.1, -0.05) is 30.3 Å². The Kier molecular flexibility index (Phi) is 1.63. The van der Waals surface area contributed by atoms with Crippen molar-refractivity contribution in [1.82, 2.24) is 0 Å². The first-order valence-corrected chi connectivity index (χ1v) is 6.05. The van der Waals surface area contributed by atoms with E-state index in [9.17, 15) is 0 Å². The lowest BCUT2D eigenvalue weighted by Gasteiger charge is -2.23. The van der Waals surface area contributed by atoms with Crippen LogP contribution in [0.4, 0.5) is 17.1 Å². The lowest BCUT2D eigenvalue weighted by atomic mass is 10.1. The van der Waals surface area contributed by atoms with Crippen LogP contribution in [0.5, 0.6) is 0 Å². The van der Waals surface area contributed by atoms with Gasteiger partial charge in [-0.2, -0.15) is 0 Å². The summed E-state index contributed by atoms with van der Waals surface area (Å²) in [4.78, 5) is 4.85. The van der Waals surface area contributed by atoms with Crippen LogP contribution in [0.2, 0.25) is 0 Å². The minimum Gasteiger partial charge on any atom is -0.352 e. The molecule has 0 saturated carbocycles. The minimum atomic E-state index is 0.463. The normalized spacial score (nSPS) is 20.2. The van der Waals surface area contributed by atoms with Gasteiger partial charge in [-0.15, -0.1) is 0 Å². The number of anilines is 3. The second kappa shape index (κ2) is 3.04. The fourth-order valence-corrected chi connectivity index (χ4v) is 3.09. The Morgan fingerprint density at radius 2 is 1.53 bits per heavy atom. The van der Waals surface area contributed by atoms with Crippen LogP contribution in [0.3, 0.4) is 0 Å². The molecule has 2 aliphatic rings. The van der Waals surface area contributed by atoms with Crippen molar-refractivity contribution in [3.05, 3.63) is 54.1 Å². The molecule has 0 unspecified atom stereocenters. The summed E-state index contributed by atoms with van der Waals surface area (Å²) in [5.74, 6) is 0. The molecule has 17 heavy (non-hydrogen) atoms. The highest BCUT2D eigenvalue weighted by molar-refractivity contribution is 5.86.